The zero-order valence-corrected chi connectivity index (χ0v) is 11.2. The number of benzene rings is 1. The first-order valence-electron chi connectivity index (χ1n) is 6.23. The topological polar surface area (TPSA) is 72.9 Å². The van der Waals surface area contributed by atoms with Crippen LogP contribution in [0.2, 0.25) is 0 Å². The van der Waals surface area contributed by atoms with Crippen LogP contribution in [0, 0.1) is 6.92 Å². The van der Waals surface area contributed by atoms with Crippen LogP contribution in [0.5, 0.6) is 0 Å². The van der Waals surface area contributed by atoms with Gasteiger partial charge in [-0.05, 0) is 31.2 Å². The molecule has 0 saturated carbocycles. The van der Waals surface area contributed by atoms with Crippen molar-refractivity contribution in [2.75, 3.05) is 0 Å². The highest BCUT2D eigenvalue weighted by Crippen LogP contribution is 2.19. The van der Waals surface area contributed by atoms with Gasteiger partial charge in [0.2, 0.25) is 0 Å². The van der Waals surface area contributed by atoms with E-state index in [9.17, 15) is 4.79 Å². The first-order valence-corrected chi connectivity index (χ1v) is 6.23. The molecule has 3 aromatic rings. The molecule has 102 valence electrons. The lowest BCUT2D eigenvalue weighted by molar-refractivity contribution is 0.0697. The fraction of sp³-hybridized carbons (Fsp3) is 0.214. The van der Waals surface area contributed by atoms with E-state index in [1.807, 2.05) is 24.7 Å². The van der Waals surface area contributed by atoms with E-state index in [1.165, 1.54) is 0 Å². The number of carboxylic acids is 1. The van der Waals surface area contributed by atoms with Crippen LogP contribution in [0.15, 0.2) is 30.5 Å². The first-order chi connectivity index (χ1) is 9.56. The number of aromatic nitrogens is 4. The summed E-state index contributed by atoms with van der Waals surface area (Å²) in [7, 11) is 1.90. The van der Waals surface area contributed by atoms with Crippen molar-refractivity contribution in [2.45, 2.75) is 13.5 Å². The minimum absolute atomic E-state index is 0.252. The molecule has 0 unspecified atom stereocenters. The van der Waals surface area contributed by atoms with E-state index in [1.54, 1.807) is 24.4 Å². The number of aryl methyl sites for hydroxylation is 2. The molecule has 1 aromatic carbocycles. The highest BCUT2D eigenvalue weighted by molar-refractivity contribution is 5.92. The van der Waals surface area contributed by atoms with Crippen molar-refractivity contribution in [1.82, 2.24) is 19.3 Å². The highest BCUT2D eigenvalue weighted by Gasteiger charge is 2.12. The van der Waals surface area contributed by atoms with E-state index < -0.39 is 5.97 Å². The number of imidazole rings is 1. The largest absolute Gasteiger partial charge is 0.478 e. The fourth-order valence-corrected chi connectivity index (χ4v) is 2.30. The predicted octanol–water partition coefficient (Wildman–Crippen LogP) is 1.82. The van der Waals surface area contributed by atoms with Crippen molar-refractivity contribution in [3.8, 4) is 0 Å². The monoisotopic (exact) mass is 270 g/mol. The predicted molar refractivity (Wildman–Crippen MR) is 73.7 cm³/mol. The average Bonchev–Trinajstić information content (AvgIpc) is 2.94. The third kappa shape index (κ3) is 1.95. The van der Waals surface area contributed by atoms with Crippen LogP contribution in [-0.4, -0.2) is 30.4 Å². The number of aromatic carboxylic acids is 1. The van der Waals surface area contributed by atoms with E-state index in [-0.39, 0.29) is 5.56 Å². The van der Waals surface area contributed by atoms with Gasteiger partial charge in [-0.3, -0.25) is 4.68 Å². The Balaban J connectivity index is 2.09. The Kier molecular flexibility index (Phi) is 2.78. The molecule has 2 heterocycles. The third-order valence-electron chi connectivity index (χ3n) is 3.43. The SMILES string of the molecule is Cc1nc2cc(C(=O)O)ccc2n1Cc1ccnn1C. The molecule has 1 N–H and O–H groups in total. The lowest BCUT2D eigenvalue weighted by atomic mass is 10.2. The minimum Gasteiger partial charge on any atom is -0.478 e. The molecule has 0 aliphatic heterocycles. The summed E-state index contributed by atoms with van der Waals surface area (Å²) in [4.78, 5) is 15.4. The van der Waals surface area contributed by atoms with Crippen molar-refractivity contribution >= 4 is 17.0 Å². The lowest BCUT2D eigenvalue weighted by Gasteiger charge is -2.07. The first kappa shape index (κ1) is 12.4. The molecule has 6 heteroatoms. The maximum absolute atomic E-state index is 11.0. The molecule has 0 spiro atoms. The Hall–Kier alpha value is -2.63. The third-order valence-corrected chi connectivity index (χ3v) is 3.43. The van der Waals surface area contributed by atoms with Crippen molar-refractivity contribution in [3.05, 3.63) is 47.5 Å². The summed E-state index contributed by atoms with van der Waals surface area (Å²) >= 11 is 0. The van der Waals surface area contributed by atoms with Gasteiger partial charge in [0.15, 0.2) is 0 Å². The van der Waals surface area contributed by atoms with Gasteiger partial charge in [0.25, 0.3) is 0 Å². The van der Waals surface area contributed by atoms with Gasteiger partial charge in [0.05, 0.1) is 28.8 Å². The van der Waals surface area contributed by atoms with Crippen LogP contribution in [0.1, 0.15) is 21.9 Å². The zero-order chi connectivity index (χ0) is 14.3. The Bertz CT molecular complexity index is 801. The number of hydrogen-bond acceptors (Lipinski definition) is 3. The fourth-order valence-electron chi connectivity index (χ4n) is 2.30. The van der Waals surface area contributed by atoms with E-state index in [4.69, 9.17) is 5.11 Å². The molecular weight excluding hydrogens is 256 g/mol. The summed E-state index contributed by atoms with van der Waals surface area (Å²) in [5, 5.41) is 13.2. The summed E-state index contributed by atoms with van der Waals surface area (Å²) in [6.07, 6.45) is 1.76. The quantitative estimate of drug-likeness (QED) is 0.788. The number of fused-ring (bicyclic) bond motifs is 1. The van der Waals surface area contributed by atoms with Crippen LogP contribution < -0.4 is 0 Å². The molecule has 0 aliphatic rings. The summed E-state index contributed by atoms with van der Waals surface area (Å²) in [5.74, 6) is -0.0884. The molecule has 20 heavy (non-hydrogen) atoms. The summed E-state index contributed by atoms with van der Waals surface area (Å²) in [5.41, 5.74) is 2.94. The Morgan fingerprint density at radius 2 is 2.15 bits per heavy atom. The zero-order valence-electron chi connectivity index (χ0n) is 11.2. The van der Waals surface area contributed by atoms with Crippen molar-refractivity contribution in [1.29, 1.82) is 0 Å². The number of hydrogen-bond donors (Lipinski definition) is 1. The number of carboxylic acid groups (broad SMARTS) is 1. The van der Waals surface area contributed by atoms with Gasteiger partial charge in [-0.25, -0.2) is 9.78 Å². The smallest absolute Gasteiger partial charge is 0.335 e. The molecule has 3 rings (SSSR count). The summed E-state index contributed by atoms with van der Waals surface area (Å²) in [6, 6.07) is 6.96. The van der Waals surface area contributed by atoms with Crippen molar-refractivity contribution < 1.29 is 9.90 Å². The second kappa shape index (κ2) is 4.48. The van der Waals surface area contributed by atoms with Crippen LogP contribution in [-0.2, 0) is 13.6 Å². The van der Waals surface area contributed by atoms with E-state index in [0.29, 0.717) is 12.1 Å². The highest BCUT2D eigenvalue weighted by atomic mass is 16.4. The van der Waals surface area contributed by atoms with E-state index in [0.717, 1.165) is 17.0 Å². The van der Waals surface area contributed by atoms with Crippen molar-refractivity contribution in [3.63, 3.8) is 0 Å². The maximum atomic E-state index is 11.0. The molecule has 6 nitrogen and oxygen atoms in total. The van der Waals surface area contributed by atoms with Crippen molar-refractivity contribution in [2.24, 2.45) is 7.05 Å². The standard InChI is InChI=1S/C14H14N4O2/c1-9-16-12-7-10(14(19)20)3-4-13(12)18(9)8-11-5-6-15-17(11)2/h3-7H,8H2,1-2H3,(H,19,20). The molecule has 0 bridgehead atoms. The summed E-state index contributed by atoms with van der Waals surface area (Å²) in [6.45, 7) is 2.57. The molecular formula is C14H14N4O2. The molecule has 0 radical (unpaired) electrons. The molecule has 2 aromatic heterocycles. The Morgan fingerprint density at radius 1 is 1.35 bits per heavy atom. The minimum atomic E-state index is -0.939. The van der Waals surface area contributed by atoms with E-state index >= 15 is 0 Å². The normalized spacial score (nSPS) is 11.1. The van der Waals surface area contributed by atoms with Gasteiger partial charge in [-0.2, -0.15) is 5.10 Å². The van der Waals surface area contributed by atoms with Gasteiger partial charge in [0.1, 0.15) is 5.82 Å². The van der Waals surface area contributed by atoms with Crippen LogP contribution in [0.25, 0.3) is 11.0 Å². The number of nitrogens with zero attached hydrogens (tertiary/aromatic N) is 4. The van der Waals surface area contributed by atoms with Crippen LogP contribution >= 0.6 is 0 Å². The van der Waals surface area contributed by atoms with Gasteiger partial charge in [0, 0.05) is 13.2 Å². The Morgan fingerprint density at radius 3 is 2.80 bits per heavy atom. The molecule has 0 aliphatic carbocycles. The molecule has 0 saturated heterocycles. The molecule has 0 fully saturated rings. The van der Waals surface area contributed by atoms with Gasteiger partial charge >= 0.3 is 5.97 Å². The van der Waals surface area contributed by atoms with Crippen LogP contribution in [0.3, 0.4) is 0 Å². The average molecular weight is 270 g/mol. The van der Waals surface area contributed by atoms with Gasteiger partial charge < -0.3 is 9.67 Å². The number of carbonyl (C=O) groups is 1. The second-order valence-corrected chi connectivity index (χ2v) is 4.70. The second-order valence-electron chi connectivity index (χ2n) is 4.70. The lowest BCUT2D eigenvalue weighted by Crippen LogP contribution is -2.07. The summed E-state index contributed by atoms with van der Waals surface area (Å²) < 4.78 is 3.87. The molecule has 0 amide bonds. The molecule has 0 atom stereocenters. The van der Waals surface area contributed by atoms with Gasteiger partial charge in [-0.1, -0.05) is 0 Å². The Labute approximate surface area is 115 Å². The van der Waals surface area contributed by atoms with E-state index in [2.05, 4.69) is 14.6 Å². The van der Waals surface area contributed by atoms with Crippen LogP contribution in [0.4, 0.5) is 0 Å². The van der Waals surface area contributed by atoms with Gasteiger partial charge in [-0.15, -0.1) is 0 Å². The number of rotatable bonds is 3. The maximum Gasteiger partial charge on any atom is 0.335 e.